The van der Waals surface area contributed by atoms with Crippen molar-refractivity contribution in [2.24, 2.45) is 5.41 Å². The molecule has 0 atom stereocenters. The van der Waals surface area contributed by atoms with Crippen LogP contribution in [0.5, 0.6) is 0 Å². The second-order valence-electron chi connectivity index (χ2n) is 8.80. The lowest BCUT2D eigenvalue weighted by atomic mass is 10.1. The Labute approximate surface area is 174 Å². The first-order valence-electron chi connectivity index (χ1n) is 9.89. The fourth-order valence-corrected chi connectivity index (χ4v) is 3.05. The number of ether oxygens (including phenoxy) is 1. The highest BCUT2D eigenvalue weighted by Crippen LogP contribution is 2.46. The van der Waals surface area contributed by atoms with Gasteiger partial charge in [0.05, 0.1) is 11.4 Å². The van der Waals surface area contributed by atoms with Crippen molar-refractivity contribution in [2.45, 2.75) is 46.1 Å². The fourth-order valence-electron chi connectivity index (χ4n) is 3.05. The molecule has 0 saturated heterocycles. The van der Waals surface area contributed by atoms with E-state index in [0.717, 1.165) is 18.5 Å². The summed E-state index contributed by atoms with van der Waals surface area (Å²) in [6.07, 6.45) is 7.83. The molecule has 1 saturated carbocycles. The van der Waals surface area contributed by atoms with Crippen molar-refractivity contribution < 1.29 is 14.3 Å². The first-order valence-corrected chi connectivity index (χ1v) is 9.89. The van der Waals surface area contributed by atoms with Gasteiger partial charge in [0.25, 0.3) is 0 Å². The van der Waals surface area contributed by atoms with Crippen LogP contribution in [0.15, 0.2) is 49.1 Å². The third-order valence-electron chi connectivity index (χ3n) is 5.03. The summed E-state index contributed by atoms with van der Waals surface area (Å²) in [6, 6.07) is 7.32. The fraction of sp³-hybridized carbons (Fsp3) is 0.364. The molecule has 0 radical (unpaired) electrons. The number of anilines is 1. The average Bonchev–Trinajstić information content (AvgIpc) is 3.11. The molecule has 1 fully saturated rings. The molecule has 0 aliphatic heterocycles. The van der Waals surface area contributed by atoms with Gasteiger partial charge in [0.2, 0.25) is 5.91 Å². The van der Waals surface area contributed by atoms with Crippen LogP contribution in [0.2, 0.25) is 0 Å². The summed E-state index contributed by atoms with van der Waals surface area (Å²) in [7, 11) is 0. The maximum atomic E-state index is 12.7. The van der Waals surface area contributed by atoms with Gasteiger partial charge in [-0.05, 0) is 57.9 Å². The smallest absolute Gasteiger partial charge is 0.420 e. The molecule has 1 N–H and O–H groups in total. The maximum Gasteiger partial charge on any atom is 0.420 e. The monoisotopic (exact) mass is 407 g/mol. The first kappa shape index (κ1) is 19.9. The lowest BCUT2D eigenvalue weighted by molar-refractivity contribution is -0.120. The number of nitrogens with zero attached hydrogens (tertiary/aromatic N) is 4. The Morgan fingerprint density at radius 3 is 2.57 bits per heavy atom. The molecule has 2 aromatic heterocycles. The summed E-state index contributed by atoms with van der Waals surface area (Å²) in [5, 5.41) is 7.32. The van der Waals surface area contributed by atoms with Crippen molar-refractivity contribution in [1.29, 1.82) is 0 Å². The van der Waals surface area contributed by atoms with E-state index in [1.165, 1.54) is 4.57 Å². The molecule has 0 bridgehead atoms. The molecule has 1 amide bonds. The van der Waals surface area contributed by atoms with E-state index >= 15 is 0 Å². The molecule has 156 valence electrons. The number of carbonyl (C=O) groups is 2. The average molecular weight is 407 g/mol. The molecule has 1 aromatic carbocycles. The molecule has 0 spiro atoms. The Kier molecular flexibility index (Phi) is 4.72. The van der Waals surface area contributed by atoms with Gasteiger partial charge in [0.15, 0.2) is 0 Å². The van der Waals surface area contributed by atoms with E-state index in [-0.39, 0.29) is 11.3 Å². The van der Waals surface area contributed by atoms with Gasteiger partial charge in [-0.3, -0.25) is 4.79 Å². The topological polar surface area (TPSA) is 91.0 Å². The van der Waals surface area contributed by atoms with E-state index in [1.807, 2.05) is 58.2 Å². The summed E-state index contributed by atoms with van der Waals surface area (Å²) in [5.74, 6) is 0.410. The lowest BCUT2D eigenvalue weighted by Gasteiger charge is -2.20. The molecule has 1 aliphatic rings. The van der Waals surface area contributed by atoms with E-state index in [0.29, 0.717) is 17.1 Å². The number of aromatic nitrogens is 4. The minimum Gasteiger partial charge on any atom is -0.443 e. The Hall–Kier alpha value is -3.42. The third kappa shape index (κ3) is 3.98. The first-order chi connectivity index (χ1) is 14.2. The maximum absolute atomic E-state index is 12.7. The number of hydrogen-bond acceptors (Lipinski definition) is 5. The van der Waals surface area contributed by atoms with Crippen molar-refractivity contribution >= 4 is 17.7 Å². The second kappa shape index (κ2) is 7.12. The Morgan fingerprint density at radius 2 is 1.93 bits per heavy atom. The summed E-state index contributed by atoms with van der Waals surface area (Å²) >= 11 is 0. The summed E-state index contributed by atoms with van der Waals surface area (Å²) in [5.41, 5.74) is 1.07. The molecule has 2 heterocycles. The van der Waals surface area contributed by atoms with Gasteiger partial charge < -0.3 is 10.1 Å². The van der Waals surface area contributed by atoms with Gasteiger partial charge in [-0.2, -0.15) is 5.10 Å². The van der Waals surface area contributed by atoms with Gasteiger partial charge in [-0.25, -0.2) is 19.0 Å². The van der Waals surface area contributed by atoms with Crippen LogP contribution in [-0.2, 0) is 9.53 Å². The predicted molar refractivity (Wildman–Crippen MR) is 112 cm³/mol. The van der Waals surface area contributed by atoms with Crippen molar-refractivity contribution in [2.75, 3.05) is 5.32 Å². The highest BCUT2D eigenvalue weighted by molar-refractivity contribution is 5.99. The third-order valence-corrected chi connectivity index (χ3v) is 5.03. The highest BCUT2D eigenvalue weighted by atomic mass is 16.6. The van der Waals surface area contributed by atoms with Crippen LogP contribution in [0, 0.1) is 5.41 Å². The van der Waals surface area contributed by atoms with Crippen molar-refractivity contribution in [3.8, 4) is 17.1 Å². The van der Waals surface area contributed by atoms with E-state index < -0.39 is 11.7 Å². The zero-order valence-corrected chi connectivity index (χ0v) is 17.5. The van der Waals surface area contributed by atoms with Gasteiger partial charge in [-0.1, -0.05) is 6.92 Å². The molecule has 0 unspecified atom stereocenters. The van der Waals surface area contributed by atoms with Crippen LogP contribution in [0.1, 0.15) is 40.5 Å². The number of nitrogens with one attached hydrogen (secondary N) is 1. The van der Waals surface area contributed by atoms with Crippen LogP contribution >= 0.6 is 0 Å². The number of carbonyl (C=O) groups excluding carboxylic acids is 2. The number of amides is 1. The van der Waals surface area contributed by atoms with Gasteiger partial charge in [-0.15, -0.1) is 0 Å². The number of hydrogen-bond donors (Lipinski definition) is 1. The summed E-state index contributed by atoms with van der Waals surface area (Å²) in [4.78, 5) is 29.6. The molecule has 3 aromatic rings. The Balaban J connectivity index is 1.72. The molecular weight excluding hydrogens is 382 g/mol. The molecular formula is C22H25N5O3. The quantitative estimate of drug-likeness (QED) is 0.698. The molecule has 1 aliphatic carbocycles. The van der Waals surface area contributed by atoms with Crippen molar-refractivity contribution in [1.82, 2.24) is 19.3 Å². The second-order valence-corrected chi connectivity index (χ2v) is 8.80. The number of imidazole rings is 1. The zero-order chi connectivity index (χ0) is 21.5. The van der Waals surface area contributed by atoms with Crippen molar-refractivity contribution in [3.63, 3.8) is 0 Å². The van der Waals surface area contributed by atoms with E-state index in [2.05, 4.69) is 15.4 Å². The standard InChI is InChI=1S/C22H25N5O3/c1-21(2,3)30-20(29)26-13-11-23-18(26)15-6-7-17(27-12-5-10-24-27)16(14-15)25-19(28)22(4)8-9-22/h5-7,10-14H,8-9H2,1-4H3,(H,25,28). The van der Waals surface area contributed by atoms with Crippen LogP contribution in [-0.4, -0.2) is 36.9 Å². The minimum atomic E-state index is -0.624. The SMILES string of the molecule is CC(C)(C)OC(=O)n1ccnc1-c1ccc(-n2cccn2)c(NC(=O)C2(C)CC2)c1. The minimum absolute atomic E-state index is 0.0245. The lowest BCUT2D eigenvalue weighted by Crippen LogP contribution is -2.27. The van der Waals surface area contributed by atoms with Crippen LogP contribution < -0.4 is 5.32 Å². The number of rotatable bonds is 4. The van der Waals surface area contributed by atoms with E-state index in [4.69, 9.17) is 4.74 Å². The largest absolute Gasteiger partial charge is 0.443 e. The highest BCUT2D eigenvalue weighted by Gasteiger charge is 2.45. The summed E-state index contributed by atoms with van der Waals surface area (Å²) < 4.78 is 8.53. The molecule has 8 heteroatoms. The van der Waals surface area contributed by atoms with Crippen LogP contribution in [0.4, 0.5) is 10.5 Å². The van der Waals surface area contributed by atoms with Crippen molar-refractivity contribution in [3.05, 3.63) is 49.1 Å². The Morgan fingerprint density at radius 1 is 1.17 bits per heavy atom. The van der Waals surface area contributed by atoms with Gasteiger partial charge in [0.1, 0.15) is 11.4 Å². The van der Waals surface area contributed by atoms with Crippen LogP contribution in [0.3, 0.4) is 0 Å². The molecule has 8 nitrogen and oxygen atoms in total. The predicted octanol–water partition coefficient (Wildman–Crippen LogP) is 4.26. The van der Waals surface area contributed by atoms with E-state index in [1.54, 1.807) is 23.3 Å². The van der Waals surface area contributed by atoms with Gasteiger partial charge >= 0.3 is 6.09 Å². The Bertz CT molecular complexity index is 1090. The van der Waals surface area contributed by atoms with Gasteiger partial charge in [0, 0.05) is 35.8 Å². The molecule has 4 rings (SSSR count). The van der Waals surface area contributed by atoms with Crippen LogP contribution in [0.25, 0.3) is 17.1 Å². The summed E-state index contributed by atoms with van der Waals surface area (Å²) in [6.45, 7) is 7.39. The zero-order valence-electron chi connectivity index (χ0n) is 17.5. The van der Waals surface area contributed by atoms with E-state index in [9.17, 15) is 9.59 Å². The normalized spacial score (nSPS) is 14.9. The molecule has 30 heavy (non-hydrogen) atoms. The number of benzene rings is 1.